The van der Waals surface area contributed by atoms with Crippen LogP contribution in [0.15, 0.2) is 52.1 Å². The molecule has 1 unspecified atom stereocenters. The molecule has 102 valence electrons. The molecule has 0 fully saturated rings. The number of aryl methyl sites for hydroxylation is 1. The number of hydrogen-bond donors (Lipinski definition) is 0. The van der Waals surface area contributed by atoms with Gasteiger partial charge >= 0.3 is 0 Å². The molecule has 1 heterocycles. The fourth-order valence-electron chi connectivity index (χ4n) is 1.87. The van der Waals surface area contributed by atoms with E-state index < -0.39 is 10.8 Å². The fourth-order valence-corrected chi connectivity index (χ4v) is 3.04. The van der Waals surface area contributed by atoms with Crippen LogP contribution in [-0.4, -0.2) is 9.19 Å². The van der Waals surface area contributed by atoms with Crippen molar-refractivity contribution in [2.75, 3.05) is 0 Å². The average molecular weight is 306 g/mol. The van der Waals surface area contributed by atoms with Crippen LogP contribution in [0, 0.1) is 6.92 Å². The largest absolute Gasteiger partial charge is 0.430 e. The van der Waals surface area contributed by atoms with Crippen molar-refractivity contribution in [3.8, 4) is 0 Å². The summed E-state index contributed by atoms with van der Waals surface area (Å²) in [6.07, 6.45) is 0. The van der Waals surface area contributed by atoms with E-state index >= 15 is 0 Å². The van der Waals surface area contributed by atoms with Gasteiger partial charge in [-0.15, -0.1) is 0 Å². The smallest absolute Gasteiger partial charge is 0.288 e. The van der Waals surface area contributed by atoms with Crippen LogP contribution in [0.2, 0.25) is 5.02 Å². The molecule has 2 aromatic carbocycles. The Morgan fingerprint density at radius 2 is 1.95 bits per heavy atom. The van der Waals surface area contributed by atoms with E-state index in [1.165, 1.54) is 5.56 Å². The lowest BCUT2D eigenvalue weighted by molar-refractivity contribution is 0.477. The van der Waals surface area contributed by atoms with Gasteiger partial charge in [0.05, 0.1) is 5.75 Å². The summed E-state index contributed by atoms with van der Waals surface area (Å²) in [5.41, 5.74) is 3.40. The molecule has 3 aromatic rings. The van der Waals surface area contributed by atoms with E-state index in [2.05, 4.69) is 4.98 Å². The second kappa shape index (κ2) is 5.38. The highest BCUT2D eigenvalue weighted by atomic mass is 35.5. The summed E-state index contributed by atoms with van der Waals surface area (Å²) in [7, 11) is -1.30. The molecule has 0 aliphatic carbocycles. The molecule has 0 spiro atoms. The molecule has 0 radical (unpaired) electrons. The number of benzene rings is 2. The van der Waals surface area contributed by atoms with Crippen LogP contribution in [0.25, 0.3) is 11.1 Å². The maximum Gasteiger partial charge on any atom is 0.288 e. The van der Waals surface area contributed by atoms with Gasteiger partial charge in [-0.25, -0.2) is 9.19 Å². The number of hydrogen-bond acceptors (Lipinski definition) is 3. The van der Waals surface area contributed by atoms with E-state index in [-0.39, 0.29) is 5.22 Å². The maximum absolute atomic E-state index is 12.3. The van der Waals surface area contributed by atoms with Gasteiger partial charge in [-0.3, -0.25) is 0 Å². The van der Waals surface area contributed by atoms with Crippen molar-refractivity contribution >= 4 is 33.5 Å². The molecule has 3 nitrogen and oxygen atoms in total. The van der Waals surface area contributed by atoms with Crippen LogP contribution in [-0.2, 0) is 16.6 Å². The number of aromatic nitrogens is 1. The lowest BCUT2D eigenvalue weighted by atomic mass is 10.2. The Morgan fingerprint density at radius 3 is 2.70 bits per heavy atom. The zero-order chi connectivity index (χ0) is 14.1. The molecular weight excluding hydrogens is 294 g/mol. The predicted molar refractivity (Wildman–Crippen MR) is 80.3 cm³/mol. The van der Waals surface area contributed by atoms with Crippen molar-refractivity contribution in [1.82, 2.24) is 4.98 Å². The molecule has 1 atom stereocenters. The van der Waals surface area contributed by atoms with Gasteiger partial charge in [-0.05, 0) is 24.6 Å². The van der Waals surface area contributed by atoms with Gasteiger partial charge in [0.2, 0.25) is 0 Å². The van der Waals surface area contributed by atoms with Crippen molar-refractivity contribution in [3.63, 3.8) is 0 Å². The Labute approximate surface area is 124 Å². The van der Waals surface area contributed by atoms with E-state index in [0.717, 1.165) is 5.56 Å². The molecule has 0 N–H and O–H groups in total. The Hall–Kier alpha value is -1.65. The molecule has 0 aliphatic rings. The summed E-state index contributed by atoms with van der Waals surface area (Å²) in [4.78, 5) is 4.24. The number of oxazole rings is 1. The van der Waals surface area contributed by atoms with E-state index in [1.807, 2.05) is 31.2 Å². The van der Waals surface area contributed by atoms with Crippen LogP contribution >= 0.6 is 11.6 Å². The Balaban J connectivity index is 1.86. The van der Waals surface area contributed by atoms with Crippen molar-refractivity contribution in [3.05, 3.63) is 58.6 Å². The minimum absolute atomic E-state index is 0.239. The summed E-state index contributed by atoms with van der Waals surface area (Å²) in [6.45, 7) is 2.02. The molecule has 0 amide bonds. The van der Waals surface area contributed by atoms with Gasteiger partial charge in [0.15, 0.2) is 5.58 Å². The summed E-state index contributed by atoms with van der Waals surface area (Å²) in [6, 6.07) is 13.1. The lowest BCUT2D eigenvalue weighted by Crippen LogP contribution is -1.96. The predicted octanol–water partition coefficient (Wildman–Crippen LogP) is 4.10. The second-order valence-electron chi connectivity index (χ2n) is 4.57. The van der Waals surface area contributed by atoms with Crippen LogP contribution in [0.4, 0.5) is 0 Å². The van der Waals surface area contributed by atoms with Crippen molar-refractivity contribution in [1.29, 1.82) is 0 Å². The number of halogens is 1. The normalized spacial score (nSPS) is 12.7. The van der Waals surface area contributed by atoms with E-state index in [9.17, 15) is 4.21 Å². The highest BCUT2D eigenvalue weighted by Crippen LogP contribution is 2.22. The topological polar surface area (TPSA) is 43.1 Å². The van der Waals surface area contributed by atoms with Gasteiger partial charge in [0, 0.05) is 11.1 Å². The van der Waals surface area contributed by atoms with Crippen molar-refractivity contribution < 1.29 is 8.63 Å². The van der Waals surface area contributed by atoms with Crippen LogP contribution in [0.1, 0.15) is 11.1 Å². The van der Waals surface area contributed by atoms with Crippen LogP contribution in [0.5, 0.6) is 0 Å². The average Bonchev–Trinajstić information content (AvgIpc) is 2.84. The molecular formula is C15H12ClNO2S. The first-order valence-electron chi connectivity index (χ1n) is 6.12. The Morgan fingerprint density at radius 1 is 1.20 bits per heavy atom. The van der Waals surface area contributed by atoms with Gasteiger partial charge in [-0.2, -0.15) is 0 Å². The maximum atomic E-state index is 12.3. The molecule has 0 bridgehead atoms. The SMILES string of the molecule is Cc1ccc(CS(=O)c2nc3ccc(Cl)cc3o2)cc1. The third-order valence-electron chi connectivity index (χ3n) is 2.94. The van der Waals surface area contributed by atoms with E-state index in [1.54, 1.807) is 18.2 Å². The fraction of sp³-hybridized carbons (Fsp3) is 0.133. The first-order chi connectivity index (χ1) is 9.61. The third kappa shape index (κ3) is 2.76. The quantitative estimate of drug-likeness (QED) is 0.731. The lowest BCUT2D eigenvalue weighted by Gasteiger charge is -1.99. The minimum atomic E-state index is -1.30. The zero-order valence-electron chi connectivity index (χ0n) is 10.8. The molecule has 5 heteroatoms. The molecule has 1 aromatic heterocycles. The van der Waals surface area contributed by atoms with E-state index in [4.69, 9.17) is 16.0 Å². The summed E-state index contributed by atoms with van der Waals surface area (Å²) in [5.74, 6) is 0.390. The van der Waals surface area contributed by atoms with Gasteiger partial charge in [-0.1, -0.05) is 41.4 Å². The first kappa shape index (κ1) is 13.3. The van der Waals surface area contributed by atoms with Gasteiger partial charge in [0.1, 0.15) is 16.3 Å². The molecule has 3 rings (SSSR count). The van der Waals surface area contributed by atoms with E-state index in [0.29, 0.717) is 21.9 Å². The Bertz CT molecular complexity index is 780. The monoisotopic (exact) mass is 305 g/mol. The van der Waals surface area contributed by atoms with Gasteiger partial charge < -0.3 is 4.42 Å². The second-order valence-corrected chi connectivity index (χ2v) is 6.33. The highest BCUT2D eigenvalue weighted by Gasteiger charge is 2.13. The summed E-state index contributed by atoms with van der Waals surface area (Å²) < 4.78 is 17.8. The Kier molecular flexibility index (Phi) is 3.59. The van der Waals surface area contributed by atoms with Crippen LogP contribution in [0.3, 0.4) is 0 Å². The third-order valence-corrected chi connectivity index (χ3v) is 4.34. The minimum Gasteiger partial charge on any atom is -0.430 e. The first-order valence-corrected chi connectivity index (χ1v) is 7.81. The molecule has 0 aliphatic heterocycles. The highest BCUT2D eigenvalue weighted by molar-refractivity contribution is 7.84. The van der Waals surface area contributed by atoms with Crippen molar-refractivity contribution in [2.24, 2.45) is 0 Å². The van der Waals surface area contributed by atoms with Crippen LogP contribution < -0.4 is 0 Å². The molecule has 0 saturated carbocycles. The molecule has 0 saturated heterocycles. The number of nitrogens with zero attached hydrogens (tertiary/aromatic N) is 1. The summed E-state index contributed by atoms with van der Waals surface area (Å²) in [5, 5.41) is 0.812. The summed E-state index contributed by atoms with van der Waals surface area (Å²) >= 11 is 5.89. The van der Waals surface area contributed by atoms with Gasteiger partial charge in [0.25, 0.3) is 5.22 Å². The van der Waals surface area contributed by atoms with Crippen molar-refractivity contribution in [2.45, 2.75) is 17.9 Å². The zero-order valence-corrected chi connectivity index (χ0v) is 12.4. The number of rotatable bonds is 3. The standard InChI is InChI=1S/C15H12ClNO2S/c1-10-2-4-11(5-3-10)9-20(18)15-17-13-7-6-12(16)8-14(13)19-15/h2-8H,9H2,1H3. The number of fused-ring (bicyclic) bond motifs is 1. The molecule has 20 heavy (non-hydrogen) atoms.